The van der Waals surface area contributed by atoms with Crippen molar-refractivity contribution in [2.24, 2.45) is 0 Å². The highest BCUT2D eigenvalue weighted by Crippen LogP contribution is 2.51. The van der Waals surface area contributed by atoms with E-state index in [9.17, 15) is 4.79 Å². The highest BCUT2D eigenvalue weighted by atomic mass is 32.9. The Hall–Kier alpha value is -0.720. The zero-order chi connectivity index (χ0) is 12.5. The fraction of sp³-hybridized carbons (Fsp3) is 0.111. The number of hydrogen-bond acceptors (Lipinski definition) is 4. The molecule has 0 unspecified atom stereocenters. The van der Waals surface area contributed by atoms with Gasteiger partial charge >= 0.3 is 0 Å². The van der Waals surface area contributed by atoms with Gasteiger partial charge in [-0.2, -0.15) is 0 Å². The molecule has 0 bridgehead atoms. The van der Waals surface area contributed by atoms with E-state index in [4.69, 9.17) is 9.79 Å². The summed E-state index contributed by atoms with van der Waals surface area (Å²) in [6.07, 6.45) is 1.63. The van der Waals surface area contributed by atoms with Gasteiger partial charge in [0.15, 0.2) is 0 Å². The molecule has 2 aromatic rings. The van der Waals surface area contributed by atoms with Crippen molar-refractivity contribution in [1.29, 1.82) is 0 Å². The highest BCUT2D eigenvalue weighted by molar-refractivity contribution is 8.67. The Labute approximate surface area is 106 Å². The van der Waals surface area contributed by atoms with Gasteiger partial charge in [0.05, 0.1) is 5.69 Å². The minimum Gasteiger partial charge on any atom is -0.338 e. The predicted molar refractivity (Wildman–Crippen MR) is 71.5 cm³/mol. The number of hydrogen-bond donors (Lipinski definition) is 2. The second-order valence-corrected chi connectivity index (χ2v) is 9.33. The van der Waals surface area contributed by atoms with E-state index in [1.54, 1.807) is 24.4 Å². The fourth-order valence-electron chi connectivity index (χ4n) is 1.33. The summed E-state index contributed by atoms with van der Waals surface area (Å²) in [5, 5.41) is 0. The standard InChI is InChI=1S/C9H9N2O3PS2/c12-9-5-7(6-17-15(13,14)16)10-8-3-1-2-4-11(8)9/h1-5H,6H2,(H2,13,14,16). The Bertz CT molecular complexity index is 652. The first-order valence-electron chi connectivity index (χ1n) is 4.63. The first-order valence-corrected chi connectivity index (χ1v) is 8.93. The Kier molecular flexibility index (Phi) is 3.65. The molecule has 0 spiro atoms. The molecule has 0 aliphatic heterocycles. The van der Waals surface area contributed by atoms with Crippen LogP contribution in [0.5, 0.6) is 0 Å². The summed E-state index contributed by atoms with van der Waals surface area (Å²) in [6.45, 7) is 0. The second-order valence-electron chi connectivity index (χ2n) is 3.28. The van der Waals surface area contributed by atoms with Gasteiger partial charge in [-0.05, 0) is 23.9 Å². The van der Waals surface area contributed by atoms with Crippen molar-refractivity contribution in [3.63, 3.8) is 0 Å². The summed E-state index contributed by atoms with van der Waals surface area (Å²) in [7, 11) is 0. The van der Waals surface area contributed by atoms with Crippen LogP contribution in [0.25, 0.3) is 5.65 Å². The normalized spacial score (nSPS) is 11.9. The lowest BCUT2D eigenvalue weighted by molar-refractivity contribution is 0.502. The fourth-order valence-corrected chi connectivity index (χ4v) is 3.15. The van der Waals surface area contributed by atoms with Gasteiger partial charge < -0.3 is 9.79 Å². The zero-order valence-corrected chi connectivity index (χ0v) is 11.1. The van der Waals surface area contributed by atoms with Crippen LogP contribution in [0.15, 0.2) is 35.3 Å². The summed E-state index contributed by atoms with van der Waals surface area (Å²) < 4.78 is 1.42. The zero-order valence-electron chi connectivity index (χ0n) is 8.55. The summed E-state index contributed by atoms with van der Waals surface area (Å²) in [6, 6.07) is 6.60. The van der Waals surface area contributed by atoms with Crippen molar-refractivity contribution in [3.05, 3.63) is 46.5 Å². The van der Waals surface area contributed by atoms with E-state index in [-0.39, 0.29) is 11.3 Å². The molecule has 90 valence electrons. The van der Waals surface area contributed by atoms with E-state index in [1.807, 2.05) is 0 Å². The molecule has 0 aliphatic rings. The minimum absolute atomic E-state index is 0.199. The van der Waals surface area contributed by atoms with E-state index >= 15 is 0 Å². The van der Waals surface area contributed by atoms with E-state index in [2.05, 4.69) is 16.8 Å². The number of fused-ring (bicyclic) bond motifs is 1. The Morgan fingerprint density at radius 1 is 1.47 bits per heavy atom. The number of rotatable bonds is 3. The third-order valence-corrected chi connectivity index (χ3v) is 5.11. The minimum atomic E-state index is -3.31. The maximum atomic E-state index is 11.7. The van der Waals surface area contributed by atoms with Crippen LogP contribution in [0.1, 0.15) is 5.69 Å². The van der Waals surface area contributed by atoms with Crippen molar-refractivity contribution >= 4 is 34.5 Å². The average Bonchev–Trinajstić information content (AvgIpc) is 2.26. The number of pyridine rings is 1. The summed E-state index contributed by atoms with van der Waals surface area (Å²) in [4.78, 5) is 34.1. The Balaban J connectivity index is 2.37. The van der Waals surface area contributed by atoms with E-state index in [0.717, 1.165) is 11.4 Å². The van der Waals surface area contributed by atoms with Crippen molar-refractivity contribution in [2.45, 2.75) is 5.75 Å². The molecule has 2 N–H and O–H groups in total. The molecular formula is C9H9N2O3PS2. The van der Waals surface area contributed by atoms with Gasteiger partial charge in [0.25, 0.3) is 5.56 Å². The van der Waals surface area contributed by atoms with Gasteiger partial charge in [-0.25, -0.2) is 4.98 Å². The molecule has 0 saturated carbocycles. The summed E-state index contributed by atoms with van der Waals surface area (Å²) in [5.41, 5.74) is -2.49. The Morgan fingerprint density at radius 2 is 2.24 bits per heavy atom. The van der Waals surface area contributed by atoms with Gasteiger partial charge in [-0.1, -0.05) is 17.4 Å². The van der Waals surface area contributed by atoms with Crippen LogP contribution in [0, 0.1) is 0 Å². The van der Waals surface area contributed by atoms with Crippen LogP contribution in [0.3, 0.4) is 0 Å². The van der Waals surface area contributed by atoms with Gasteiger partial charge in [-0.15, -0.1) is 0 Å². The van der Waals surface area contributed by atoms with Crippen LogP contribution in [0.2, 0.25) is 0 Å². The Morgan fingerprint density at radius 3 is 2.94 bits per heavy atom. The first-order chi connectivity index (χ1) is 7.96. The highest BCUT2D eigenvalue weighted by Gasteiger charge is 2.10. The van der Waals surface area contributed by atoms with Crippen molar-refractivity contribution < 1.29 is 9.79 Å². The molecule has 17 heavy (non-hydrogen) atoms. The third-order valence-electron chi connectivity index (χ3n) is 2.00. The molecule has 0 atom stereocenters. The lowest BCUT2D eigenvalue weighted by Crippen LogP contribution is -2.14. The van der Waals surface area contributed by atoms with Crippen LogP contribution < -0.4 is 5.56 Å². The molecule has 0 saturated heterocycles. The van der Waals surface area contributed by atoms with Crippen LogP contribution in [-0.4, -0.2) is 19.2 Å². The van der Waals surface area contributed by atoms with Crippen LogP contribution in [-0.2, 0) is 17.6 Å². The van der Waals surface area contributed by atoms with Crippen molar-refractivity contribution in [3.8, 4) is 0 Å². The third kappa shape index (κ3) is 3.37. The lowest BCUT2D eigenvalue weighted by Gasteiger charge is -2.06. The molecule has 2 rings (SSSR count). The maximum Gasteiger partial charge on any atom is 0.258 e. The van der Waals surface area contributed by atoms with Crippen LogP contribution in [0.4, 0.5) is 0 Å². The first kappa shape index (κ1) is 12.7. The van der Waals surface area contributed by atoms with Crippen molar-refractivity contribution in [2.75, 3.05) is 0 Å². The molecule has 2 heterocycles. The molecule has 0 amide bonds. The molecule has 0 aliphatic carbocycles. The molecule has 5 nitrogen and oxygen atoms in total. The maximum absolute atomic E-state index is 11.7. The molecule has 2 aromatic heterocycles. The molecule has 0 aromatic carbocycles. The van der Waals surface area contributed by atoms with Crippen molar-refractivity contribution in [1.82, 2.24) is 9.38 Å². The SMILES string of the molecule is O=c1cc(CSP(O)(O)=S)nc2ccccn12. The predicted octanol–water partition coefficient (Wildman–Crippen LogP) is 1.14. The molecular weight excluding hydrogens is 279 g/mol. The van der Waals surface area contributed by atoms with Gasteiger partial charge in [-0.3, -0.25) is 9.20 Å². The van der Waals surface area contributed by atoms with Gasteiger partial charge in [0.1, 0.15) is 5.65 Å². The number of nitrogens with zero attached hydrogens (tertiary/aromatic N) is 2. The van der Waals surface area contributed by atoms with Gasteiger partial charge in [0.2, 0.25) is 5.69 Å². The quantitative estimate of drug-likeness (QED) is 0.825. The van der Waals surface area contributed by atoms with E-state index < -0.39 is 5.69 Å². The smallest absolute Gasteiger partial charge is 0.258 e. The lowest BCUT2D eigenvalue weighted by atomic mass is 10.4. The molecule has 0 fully saturated rings. The molecule has 8 heteroatoms. The van der Waals surface area contributed by atoms with E-state index in [1.165, 1.54) is 10.5 Å². The summed E-state index contributed by atoms with van der Waals surface area (Å²) >= 11 is 5.32. The van der Waals surface area contributed by atoms with Gasteiger partial charge in [0, 0.05) is 18.0 Å². The van der Waals surface area contributed by atoms with Crippen LogP contribution >= 0.6 is 17.1 Å². The number of aromatic nitrogens is 2. The van der Waals surface area contributed by atoms with E-state index in [0.29, 0.717) is 11.3 Å². The average molecular weight is 288 g/mol. The largest absolute Gasteiger partial charge is 0.338 e. The topological polar surface area (TPSA) is 74.8 Å². The second kappa shape index (κ2) is 4.88. The summed E-state index contributed by atoms with van der Waals surface area (Å²) in [5.74, 6) is 0.213. The monoisotopic (exact) mass is 288 g/mol. The molecule has 0 radical (unpaired) electrons.